The lowest BCUT2D eigenvalue weighted by atomic mass is 9.96. The number of ether oxygens (including phenoxy) is 3. The minimum atomic E-state index is -0.928. The van der Waals surface area contributed by atoms with Gasteiger partial charge in [-0.3, -0.25) is 14.4 Å². The molecule has 240 valence electrons. The fourth-order valence-electron chi connectivity index (χ4n) is 5.05. The van der Waals surface area contributed by atoms with Crippen molar-refractivity contribution < 1.29 is 33.4 Å². The Morgan fingerprint density at radius 3 is 2.21 bits per heavy atom. The van der Waals surface area contributed by atoms with Gasteiger partial charge in [-0.05, 0) is 55.0 Å². The van der Waals surface area contributed by atoms with Crippen LogP contribution in [0.5, 0.6) is 11.5 Å². The number of imide groups is 1. The molecule has 1 fully saturated rings. The molecule has 1 saturated heterocycles. The van der Waals surface area contributed by atoms with Gasteiger partial charge in [0.25, 0.3) is 0 Å². The Hall–Kier alpha value is -6.18. The lowest BCUT2D eigenvalue weighted by molar-refractivity contribution is -0.121. The number of esters is 1. The molecule has 2 amide bonds. The average Bonchev–Trinajstić information content (AvgIpc) is 3.38. The predicted octanol–water partition coefficient (Wildman–Crippen LogP) is 4.86. The molecule has 4 aromatic rings. The number of carbonyl (C=O) groups is 4. The van der Waals surface area contributed by atoms with Gasteiger partial charge in [-0.2, -0.15) is 10.5 Å². The molecule has 1 aromatic heterocycles. The van der Waals surface area contributed by atoms with E-state index in [1.807, 2.05) is 25.1 Å². The van der Waals surface area contributed by atoms with Crippen molar-refractivity contribution in [1.29, 1.82) is 10.5 Å². The van der Waals surface area contributed by atoms with Gasteiger partial charge in [0.1, 0.15) is 28.5 Å². The zero-order valence-electron chi connectivity index (χ0n) is 26.0. The molecule has 0 saturated carbocycles. The first-order valence-electron chi connectivity index (χ1n) is 14.4. The predicted molar refractivity (Wildman–Crippen MR) is 176 cm³/mol. The Morgan fingerprint density at radius 2 is 1.58 bits per heavy atom. The van der Waals surface area contributed by atoms with Gasteiger partial charge in [-0.25, -0.2) is 14.7 Å². The summed E-state index contributed by atoms with van der Waals surface area (Å²) in [6.07, 6.45) is -0.183. The largest absolute Gasteiger partial charge is 0.493 e. The molecule has 12 nitrogen and oxygen atoms in total. The number of Topliss-reactive ketones (excluding diaryl/α,β-unsaturated/α-hetero) is 1. The van der Waals surface area contributed by atoms with E-state index in [9.17, 15) is 29.7 Å². The number of pyridine rings is 1. The molecule has 1 aliphatic rings. The molecular weight excluding hydrogens is 634 g/mol. The zero-order chi connectivity index (χ0) is 34.5. The van der Waals surface area contributed by atoms with Gasteiger partial charge in [-0.1, -0.05) is 41.6 Å². The molecular formula is C35H27N5O7S. The number of carbonyl (C=O) groups excluding carboxylic acids is 4. The van der Waals surface area contributed by atoms with Crippen LogP contribution in [0.3, 0.4) is 0 Å². The number of hydrogen-bond donors (Lipinski definition) is 1. The number of amides is 2. The summed E-state index contributed by atoms with van der Waals surface area (Å²) in [4.78, 5) is 57.0. The van der Waals surface area contributed by atoms with Crippen molar-refractivity contribution in [3.05, 3.63) is 94.5 Å². The summed E-state index contributed by atoms with van der Waals surface area (Å²) in [6, 6.07) is 21.5. The summed E-state index contributed by atoms with van der Waals surface area (Å²) < 4.78 is 15.6. The molecule has 2 heterocycles. The van der Waals surface area contributed by atoms with Crippen molar-refractivity contribution >= 4 is 46.8 Å². The number of benzene rings is 3. The molecule has 0 aliphatic carbocycles. The third kappa shape index (κ3) is 6.54. The number of aromatic nitrogens is 1. The van der Waals surface area contributed by atoms with Crippen LogP contribution >= 0.6 is 11.8 Å². The number of nitriles is 2. The standard InChI is InChI=1S/C35H27N5O7S/c1-19-4-6-20(7-5-19)31-24(16-36)32(38)39-33(25(31)17-37)48-29-15-30(42)40(34(29)43)23-11-8-21(9-12-23)35(44)47-18-26(41)22-10-13-27(45-2)28(14-22)46-3/h4-14,29H,15,18H2,1-3H3,(H2,38,39). The van der Waals surface area contributed by atoms with Crippen molar-refractivity contribution in [2.45, 2.75) is 23.6 Å². The highest BCUT2D eigenvalue weighted by Gasteiger charge is 2.41. The van der Waals surface area contributed by atoms with Crippen molar-refractivity contribution in [2.24, 2.45) is 0 Å². The number of aryl methyl sites for hydroxylation is 1. The van der Waals surface area contributed by atoms with Crippen LogP contribution in [0.15, 0.2) is 71.8 Å². The van der Waals surface area contributed by atoms with E-state index in [1.54, 1.807) is 18.2 Å². The highest BCUT2D eigenvalue weighted by atomic mass is 32.2. The van der Waals surface area contributed by atoms with Crippen molar-refractivity contribution in [1.82, 2.24) is 4.98 Å². The first kappa shape index (κ1) is 33.2. The van der Waals surface area contributed by atoms with E-state index >= 15 is 0 Å². The highest BCUT2D eigenvalue weighted by Crippen LogP contribution is 2.40. The molecule has 5 rings (SSSR count). The van der Waals surface area contributed by atoms with Gasteiger partial charge < -0.3 is 19.9 Å². The topological polar surface area (TPSA) is 186 Å². The Balaban J connectivity index is 1.30. The molecule has 0 bridgehead atoms. The maximum absolute atomic E-state index is 13.5. The third-order valence-electron chi connectivity index (χ3n) is 7.52. The second-order valence-electron chi connectivity index (χ2n) is 10.5. The number of anilines is 2. The maximum Gasteiger partial charge on any atom is 0.338 e. The second-order valence-corrected chi connectivity index (χ2v) is 11.7. The molecule has 0 radical (unpaired) electrons. The number of rotatable bonds is 10. The molecule has 3 aromatic carbocycles. The number of nitrogen functional groups attached to an aromatic ring is 1. The minimum Gasteiger partial charge on any atom is -0.493 e. The Labute approximate surface area is 279 Å². The number of ketones is 1. The SMILES string of the molecule is COc1ccc(C(=O)COC(=O)c2ccc(N3C(=O)CC(Sc4nc(N)c(C#N)c(-c5ccc(C)cc5)c4C#N)C3=O)cc2)cc1OC. The van der Waals surface area contributed by atoms with Gasteiger partial charge in [0.15, 0.2) is 23.9 Å². The van der Waals surface area contributed by atoms with Gasteiger partial charge in [0.2, 0.25) is 11.8 Å². The summed E-state index contributed by atoms with van der Waals surface area (Å²) >= 11 is 0.922. The Bertz CT molecular complexity index is 2030. The fraction of sp³-hybridized carbons (Fsp3) is 0.171. The van der Waals surface area contributed by atoms with E-state index in [-0.39, 0.29) is 45.2 Å². The van der Waals surface area contributed by atoms with Crippen LogP contribution in [0, 0.1) is 29.6 Å². The van der Waals surface area contributed by atoms with Gasteiger partial charge in [0.05, 0.1) is 36.3 Å². The van der Waals surface area contributed by atoms with Gasteiger partial charge >= 0.3 is 5.97 Å². The molecule has 1 atom stereocenters. The van der Waals surface area contributed by atoms with Crippen LogP contribution in [0.25, 0.3) is 11.1 Å². The molecule has 13 heteroatoms. The van der Waals surface area contributed by atoms with E-state index < -0.39 is 35.4 Å². The van der Waals surface area contributed by atoms with Crippen LogP contribution in [0.1, 0.15) is 43.8 Å². The lowest BCUT2D eigenvalue weighted by Crippen LogP contribution is -2.31. The van der Waals surface area contributed by atoms with E-state index in [0.717, 1.165) is 22.2 Å². The monoisotopic (exact) mass is 661 g/mol. The highest BCUT2D eigenvalue weighted by molar-refractivity contribution is 8.00. The summed E-state index contributed by atoms with van der Waals surface area (Å²) in [6.45, 7) is 1.38. The van der Waals surface area contributed by atoms with Crippen molar-refractivity contribution in [3.8, 4) is 34.8 Å². The summed E-state index contributed by atoms with van der Waals surface area (Å²) in [5.41, 5.74) is 8.69. The quantitative estimate of drug-likeness (QED) is 0.138. The first-order valence-corrected chi connectivity index (χ1v) is 15.2. The zero-order valence-corrected chi connectivity index (χ0v) is 26.8. The van der Waals surface area contributed by atoms with Crippen LogP contribution in [-0.4, -0.2) is 54.6 Å². The average molecular weight is 662 g/mol. The smallest absolute Gasteiger partial charge is 0.338 e. The van der Waals surface area contributed by atoms with E-state index in [2.05, 4.69) is 11.1 Å². The number of methoxy groups -OCH3 is 2. The second kappa shape index (κ2) is 14.1. The maximum atomic E-state index is 13.5. The van der Waals surface area contributed by atoms with Crippen molar-refractivity contribution in [2.75, 3.05) is 31.5 Å². The lowest BCUT2D eigenvalue weighted by Gasteiger charge is -2.16. The normalized spacial score (nSPS) is 13.9. The van der Waals surface area contributed by atoms with Crippen LogP contribution in [0.2, 0.25) is 0 Å². The summed E-state index contributed by atoms with van der Waals surface area (Å²) in [5.74, 6) is -1.58. The Kier molecular flexibility index (Phi) is 9.73. The Morgan fingerprint density at radius 1 is 0.938 bits per heavy atom. The minimum absolute atomic E-state index is 0.0409. The van der Waals surface area contributed by atoms with E-state index in [1.165, 1.54) is 50.6 Å². The number of nitrogens with two attached hydrogens (primary N) is 1. The summed E-state index contributed by atoms with van der Waals surface area (Å²) in [7, 11) is 2.91. The van der Waals surface area contributed by atoms with Gasteiger partial charge in [-0.15, -0.1) is 0 Å². The molecule has 48 heavy (non-hydrogen) atoms. The molecule has 1 aliphatic heterocycles. The number of hydrogen-bond acceptors (Lipinski definition) is 12. The van der Waals surface area contributed by atoms with Gasteiger partial charge in [0, 0.05) is 17.5 Å². The number of thioether (sulfide) groups is 1. The fourth-order valence-corrected chi connectivity index (χ4v) is 6.17. The van der Waals surface area contributed by atoms with Crippen molar-refractivity contribution in [3.63, 3.8) is 0 Å². The third-order valence-corrected chi connectivity index (χ3v) is 8.69. The van der Waals surface area contributed by atoms with E-state index in [0.29, 0.717) is 22.6 Å². The van der Waals surface area contributed by atoms with Crippen LogP contribution < -0.4 is 20.1 Å². The van der Waals surface area contributed by atoms with E-state index in [4.69, 9.17) is 19.9 Å². The summed E-state index contributed by atoms with van der Waals surface area (Å²) in [5, 5.41) is 19.1. The van der Waals surface area contributed by atoms with Crippen LogP contribution in [0.4, 0.5) is 11.5 Å². The molecule has 0 spiro atoms. The van der Waals surface area contributed by atoms with Crippen LogP contribution in [-0.2, 0) is 14.3 Å². The molecule has 1 unspecified atom stereocenters. The first-order chi connectivity index (χ1) is 23.1. The number of nitrogens with zero attached hydrogens (tertiary/aromatic N) is 4. The molecule has 2 N–H and O–H groups in total.